The van der Waals surface area contributed by atoms with Gasteiger partial charge in [-0.05, 0) is 38.5 Å². The standard InChI is InChI=1S/C15H19N3/c1-4-18(5-2)15(16)14-10-11(3)12-8-6-7-9-13(12)17-14/h6-10,16H,4-5H2,1-3H3. The van der Waals surface area contributed by atoms with Crippen molar-refractivity contribution in [1.29, 1.82) is 5.41 Å². The Balaban J connectivity index is 2.49. The largest absolute Gasteiger partial charge is 0.356 e. The molecule has 0 fully saturated rings. The third-order valence-corrected chi connectivity index (χ3v) is 3.25. The Bertz CT molecular complexity index is 571. The summed E-state index contributed by atoms with van der Waals surface area (Å²) in [5.74, 6) is 0.508. The van der Waals surface area contributed by atoms with Gasteiger partial charge in [-0.2, -0.15) is 0 Å². The molecule has 2 rings (SSSR count). The number of benzene rings is 1. The minimum absolute atomic E-state index is 0.508. The number of hydrogen-bond acceptors (Lipinski definition) is 2. The summed E-state index contributed by atoms with van der Waals surface area (Å²) in [7, 11) is 0. The lowest BCUT2D eigenvalue weighted by molar-refractivity contribution is 0.462. The number of aryl methyl sites for hydroxylation is 1. The molecule has 3 heteroatoms. The summed E-state index contributed by atoms with van der Waals surface area (Å²) >= 11 is 0. The molecule has 0 aliphatic heterocycles. The number of hydrogen-bond donors (Lipinski definition) is 1. The molecule has 1 aromatic carbocycles. The van der Waals surface area contributed by atoms with E-state index in [1.165, 1.54) is 5.56 Å². The Kier molecular flexibility index (Phi) is 3.60. The van der Waals surface area contributed by atoms with Crippen LogP contribution in [0, 0.1) is 12.3 Å². The van der Waals surface area contributed by atoms with Crippen LogP contribution in [0.3, 0.4) is 0 Å². The van der Waals surface area contributed by atoms with E-state index in [-0.39, 0.29) is 0 Å². The summed E-state index contributed by atoms with van der Waals surface area (Å²) < 4.78 is 0. The van der Waals surface area contributed by atoms with E-state index in [0.717, 1.165) is 29.7 Å². The number of rotatable bonds is 3. The number of nitrogens with zero attached hydrogens (tertiary/aromatic N) is 2. The van der Waals surface area contributed by atoms with Gasteiger partial charge in [0.1, 0.15) is 11.5 Å². The van der Waals surface area contributed by atoms with Crippen LogP contribution in [0.4, 0.5) is 0 Å². The predicted octanol–water partition coefficient (Wildman–Crippen LogP) is 3.21. The number of fused-ring (bicyclic) bond motifs is 1. The zero-order valence-electron chi connectivity index (χ0n) is 11.2. The van der Waals surface area contributed by atoms with E-state index in [4.69, 9.17) is 5.41 Å². The molecule has 1 aromatic heterocycles. The molecule has 0 unspecified atom stereocenters. The summed E-state index contributed by atoms with van der Waals surface area (Å²) in [6.45, 7) is 7.87. The molecule has 1 heterocycles. The summed E-state index contributed by atoms with van der Waals surface area (Å²) in [6, 6.07) is 10.1. The van der Waals surface area contributed by atoms with Crippen LogP contribution >= 0.6 is 0 Å². The third-order valence-electron chi connectivity index (χ3n) is 3.25. The Morgan fingerprint density at radius 3 is 2.56 bits per heavy atom. The van der Waals surface area contributed by atoms with E-state index in [1.54, 1.807) is 0 Å². The average molecular weight is 241 g/mol. The second-order valence-electron chi connectivity index (χ2n) is 4.36. The number of pyridine rings is 1. The van der Waals surface area contributed by atoms with Crippen LogP contribution in [-0.4, -0.2) is 28.8 Å². The highest BCUT2D eigenvalue weighted by molar-refractivity contribution is 5.97. The lowest BCUT2D eigenvalue weighted by Gasteiger charge is -2.21. The van der Waals surface area contributed by atoms with Crippen LogP contribution in [0.5, 0.6) is 0 Å². The number of amidine groups is 1. The Labute approximate surface area is 108 Å². The van der Waals surface area contributed by atoms with Crippen molar-refractivity contribution in [3.63, 3.8) is 0 Å². The lowest BCUT2D eigenvalue weighted by Crippen LogP contribution is -2.31. The summed E-state index contributed by atoms with van der Waals surface area (Å²) in [6.07, 6.45) is 0. The first-order chi connectivity index (χ1) is 8.67. The van der Waals surface area contributed by atoms with E-state index in [9.17, 15) is 0 Å². The van der Waals surface area contributed by atoms with Gasteiger partial charge in [0.25, 0.3) is 0 Å². The zero-order valence-corrected chi connectivity index (χ0v) is 11.2. The molecule has 3 nitrogen and oxygen atoms in total. The molecule has 0 saturated carbocycles. The van der Waals surface area contributed by atoms with Crippen LogP contribution in [0.1, 0.15) is 25.1 Å². The molecule has 0 atom stereocenters. The van der Waals surface area contributed by atoms with Gasteiger partial charge >= 0.3 is 0 Å². The van der Waals surface area contributed by atoms with Crippen LogP contribution in [-0.2, 0) is 0 Å². The second kappa shape index (κ2) is 5.17. The molecule has 0 aliphatic carbocycles. The quantitative estimate of drug-likeness (QED) is 0.662. The van der Waals surface area contributed by atoms with Gasteiger partial charge in [0, 0.05) is 18.5 Å². The molecular formula is C15H19N3. The van der Waals surface area contributed by atoms with E-state index >= 15 is 0 Å². The van der Waals surface area contributed by atoms with Crippen molar-refractivity contribution in [3.05, 3.63) is 41.6 Å². The van der Waals surface area contributed by atoms with Gasteiger partial charge in [0.2, 0.25) is 0 Å². The fourth-order valence-corrected chi connectivity index (χ4v) is 2.17. The molecule has 2 aromatic rings. The average Bonchev–Trinajstić information content (AvgIpc) is 2.40. The van der Waals surface area contributed by atoms with E-state index in [2.05, 4.69) is 31.8 Å². The van der Waals surface area contributed by atoms with E-state index < -0.39 is 0 Å². The van der Waals surface area contributed by atoms with Crippen molar-refractivity contribution in [3.8, 4) is 0 Å². The normalized spacial score (nSPS) is 10.6. The maximum atomic E-state index is 8.22. The first-order valence-electron chi connectivity index (χ1n) is 6.37. The minimum atomic E-state index is 0.508. The molecule has 0 radical (unpaired) electrons. The SMILES string of the molecule is CCN(CC)C(=N)c1cc(C)c2ccccc2n1. The van der Waals surface area contributed by atoms with Gasteiger partial charge in [0.15, 0.2) is 0 Å². The molecule has 0 amide bonds. The molecular weight excluding hydrogens is 222 g/mol. The van der Waals surface area contributed by atoms with Gasteiger partial charge in [-0.25, -0.2) is 4.98 Å². The predicted molar refractivity (Wildman–Crippen MR) is 76.2 cm³/mol. The van der Waals surface area contributed by atoms with E-state index in [1.807, 2.05) is 29.2 Å². The van der Waals surface area contributed by atoms with Crippen molar-refractivity contribution in [2.24, 2.45) is 0 Å². The molecule has 0 spiro atoms. The fraction of sp³-hybridized carbons (Fsp3) is 0.333. The fourth-order valence-electron chi connectivity index (χ4n) is 2.17. The monoisotopic (exact) mass is 241 g/mol. The van der Waals surface area contributed by atoms with Gasteiger partial charge in [0.05, 0.1) is 5.52 Å². The van der Waals surface area contributed by atoms with Gasteiger partial charge < -0.3 is 4.90 Å². The number of para-hydroxylation sites is 1. The molecule has 0 bridgehead atoms. The number of aromatic nitrogens is 1. The topological polar surface area (TPSA) is 40.0 Å². The molecule has 1 N–H and O–H groups in total. The summed E-state index contributed by atoms with van der Waals surface area (Å²) in [5, 5.41) is 9.38. The number of nitrogens with one attached hydrogen (secondary N) is 1. The highest BCUT2D eigenvalue weighted by Gasteiger charge is 2.11. The smallest absolute Gasteiger partial charge is 0.147 e. The van der Waals surface area contributed by atoms with Crippen molar-refractivity contribution < 1.29 is 0 Å². The maximum Gasteiger partial charge on any atom is 0.147 e. The first-order valence-corrected chi connectivity index (χ1v) is 6.37. The summed E-state index contributed by atoms with van der Waals surface area (Å²) in [5.41, 5.74) is 2.90. The van der Waals surface area contributed by atoms with E-state index in [0.29, 0.717) is 5.84 Å². The van der Waals surface area contributed by atoms with Crippen molar-refractivity contribution in [2.45, 2.75) is 20.8 Å². The van der Waals surface area contributed by atoms with Crippen molar-refractivity contribution >= 4 is 16.7 Å². The summed E-state index contributed by atoms with van der Waals surface area (Å²) in [4.78, 5) is 6.60. The molecule has 0 saturated heterocycles. The zero-order chi connectivity index (χ0) is 13.1. The Hall–Kier alpha value is -1.90. The highest BCUT2D eigenvalue weighted by atomic mass is 15.2. The van der Waals surface area contributed by atoms with Crippen LogP contribution < -0.4 is 0 Å². The third kappa shape index (κ3) is 2.21. The van der Waals surface area contributed by atoms with Crippen molar-refractivity contribution in [2.75, 3.05) is 13.1 Å². The van der Waals surface area contributed by atoms with Gasteiger partial charge in [-0.15, -0.1) is 0 Å². The van der Waals surface area contributed by atoms with Gasteiger partial charge in [-0.1, -0.05) is 18.2 Å². The van der Waals surface area contributed by atoms with Crippen LogP contribution in [0.15, 0.2) is 30.3 Å². The minimum Gasteiger partial charge on any atom is -0.356 e. The van der Waals surface area contributed by atoms with Crippen molar-refractivity contribution in [1.82, 2.24) is 9.88 Å². The van der Waals surface area contributed by atoms with Crippen LogP contribution in [0.2, 0.25) is 0 Å². The first kappa shape index (κ1) is 12.6. The molecule has 94 valence electrons. The van der Waals surface area contributed by atoms with Crippen LogP contribution in [0.25, 0.3) is 10.9 Å². The Morgan fingerprint density at radius 2 is 1.89 bits per heavy atom. The molecule has 0 aliphatic rings. The van der Waals surface area contributed by atoms with Gasteiger partial charge in [-0.3, -0.25) is 5.41 Å². The highest BCUT2D eigenvalue weighted by Crippen LogP contribution is 2.18. The second-order valence-corrected chi connectivity index (χ2v) is 4.36. The lowest BCUT2D eigenvalue weighted by atomic mass is 10.1. The molecule has 18 heavy (non-hydrogen) atoms. The maximum absolute atomic E-state index is 8.22. The Morgan fingerprint density at radius 1 is 1.22 bits per heavy atom.